The predicted octanol–water partition coefficient (Wildman–Crippen LogP) is 4.01. The van der Waals surface area contributed by atoms with Gasteiger partial charge in [-0.1, -0.05) is 43.0 Å². The Morgan fingerprint density at radius 3 is 2.71 bits per heavy atom. The van der Waals surface area contributed by atoms with Crippen molar-refractivity contribution in [1.29, 1.82) is 0 Å². The van der Waals surface area contributed by atoms with Crippen LogP contribution in [0.25, 0.3) is 6.08 Å². The molecule has 1 nitrogen and oxygen atoms in total. The van der Waals surface area contributed by atoms with Gasteiger partial charge in [-0.3, -0.25) is 0 Å². The number of rotatable bonds is 3. The van der Waals surface area contributed by atoms with E-state index in [0.29, 0.717) is 0 Å². The van der Waals surface area contributed by atoms with Gasteiger partial charge in [0.1, 0.15) is 11.9 Å². The normalized spacial score (nSPS) is 16.8. The van der Waals surface area contributed by atoms with E-state index in [2.05, 4.69) is 24.8 Å². The number of ether oxygens (including phenoxy) is 1. The van der Waals surface area contributed by atoms with Crippen LogP contribution in [-0.2, 0) is 6.42 Å². The van der Waals surface area contributed by atoms with Gasteiger partial charge in [-0.05, 0) is 34.9 Å². The molecule has 1 atom stereocenters. The first-order valence-electron chi connectivity index (χ1n) is 5.84. The van der Waals surface area contributed by atoms with E-state index >= 15 is 0 Å². The SMILES string of the molecule is C=Cc1ccc2c(c1)C(Oc1ccccc1)C2. The van der Waals surface area contributed by atoms with Gasteiger partial charge in [-0.25, -0.2) is 0 Å². The minimum Gasteiger partial charge on any atom is -0.485 e. The summed E-state index contributed by atoms with van der Waals surface area (Å²) >= 11 is 0. The molecule has 0 N–H and O–H groups in total. The molecule has 0 radical (unpaired) electrons. The molecule has 0 aromatic heterocycles. The molecule has 2 aromatic rings. The van der Waals surface area contributed by atoms with Gasteiger partial charge in [-0.15, -0.1) is 0 Å². The molecule has 0 saturated heterocycles. The van der Waals surface area contributed by atoms with Crippen molar-refractivity contribution >= 4 is 6.08 Å². The maximum absolute atomic E-state index is 5.94. The van der Waals surface area contributed by atoms with E-state index < -0.39 is 0 Å². The molecule has 0 fully saturated rings. The Balaban J connectivity index is 1.82. The van der Waals surface area contributed by atoms with Gasteiger partial charge in [0, 0.05) is 6.42 Å². The summed E-state index contributed by atoms with van der Waals surface area (Å²) in [7, 11) is 0. The first kappa shape index (κ1) is 10.2. The zero-order valence-corrected chi connectivity index (χ0v) is 9.60. The zero-order valence-electron chi connectivity index (χ0n) is 9.60. The third-order valence-corrected chi connectivity index (χ3v) is 3.18. The standard InChI is InChI=1S/C16H14O/c1-2-12-8-9-13-11-16(15(13)10-12)17-14-6-4-3-5-7-14/h2-10,16H,1,11H2. The van der Waals surface area contributed by atoms with Crippen LogP contribution in [0.4, 0.5) is 0 Å². The molecule has 2 aromatic carbocycles. The smallest absolute Gasteiger partial charge is 0.128 e. The molecule has 17 heavy (non-hydrogen) atoms. The summed E-state index contributed by atoms with van der Waals surface area (Å²) < 4.78 is 5.94. The highest BCUT2D eigenvalue weighted by molar-refractivity contribution is 5.53. The summed E-state index contributed by atoms with van der Waals surface area (Å²) in [5.41, 5.74) is 3.84. The summed E-state index contributed by atoms with van der Waals surface area (Å²) in [4.78, 5) is 0. The fourth-order valence-corrected chi connectivity index (χ4v) is 2.17. The largest absolute Gasteiger partial charge is 0.485 e. The molecule has 3 rings (SSSR count). The highest BCUT2D eigenvalue weighted by Crippen LogP contribution is 2.37. The van der Waals surface area contributed by atoms with Crippen molar-refractivity contribution in [1.82, 2.24) is 0 Å². The minimum atomic E-state index is 0.201. The topological polar surface area (TPSA) is 9.23 Å². The number of hydrogen-bond donors (Lipinski definition) is 0. The van der Waals surface area contributed by atoms with E-state index in [9.17, 15) is 0 Å². The summed E-state index contributed by atoms with van der Waals surface area (Å²) in [6, 6.07) is 16.4. The quantitative estimate of drug-likeness (QED) is 0.762. The molecule has 0 saturated carbocycles. The molecule has 1 unspecified atom stereocenters. The lowest BCUT2D eigenvalue weighted by Gasteiger charge is -2.31. The van der Waals surface area contributed by atoms with Crippen molar-refractivity contribution in [2.45, 2.75) is 12.5 Å². The van der Waals surface area contributed by atoms with Crippen LogP contribution < -0.4 is 4.74 Å². The van der Waals surface area contributed by atoms with Gasteiger partial charge in [-0.2, -0.15) is 0 Å². The second kappa shape index (κ2) is 4.10. The van der Waals surface area contributed by atoms with Crippen LogP contribution in [0.3, 0.4) is 0 Å². The maximum atomic E-state index is 5.94. The number of hydrogen-bond acceptors (Lipinski definition) is 1. The molecule has 0 amide bonds. The highest BCUT2D eigenvalue weighted by Gasteiger charge is 2.27. The minimum absolute atomic E-state index is 0.201. The van der Waals surface area contributed by atoms with Crippen molar-refractivity contribution < 1.29 is 4.74 Å². The fourth-order valence-electron chi connectivity index (χ4n) is 2.17. The van der Waals surface area contributed by atoms with Gasteiger partial charge in [0.15, 0.2) is 0 Å². The average molecular weight is 222 g/mol. The fraction of sp³-hybridized carbons (Fsp3) is 0.125. The Kier molecular flexibility index (Phi) is 2.45. The molecule has 1 heteroatoms. The van der Waals surface area contributed by atoms with E-state index in [4.69, 9.17) is 4.74 Å². The monoisotopic (exact) mass is 222 g/mol. The first-order chi connectivity index (χ1) is 8.36. The lowest BCUT2D eigenvalue weighted by atomic mass is 9.84. The van der Waals surface area contributed by atoms with Crippen molar-refractivity contribution in [2.24, 2.45) is 0 Å². The number of para-hydroxylation sites is 1. The van der Waals surface area contributed by atoms with Gasteiger partial charge >= 0.3 is 0 Å². The molecule has 1 aliphatic rings. The molecule has 0 bridgehead atoms. The molecule has 84 valence electrons. The Labute approximate surface area is 101 Å². The molecular weight excluding hydrogens is 208 g/mol. The lowest BCUT2D eigenvalue weighted by Crippen LogP contribution is -2.22. The molecule has 0 spiro atoms. The van der Waals surface area contributed by atoms with E-state index in [-0.39, 0.29) is 6.10 Å². The Bertz CT molecular complexity index is 543. The van der Waals surface area contributed by atoms with Crippen LogP contribution in [-0.4, -0.2) is 0 Å². The van der Waals surface area contributed by atoms with Crippen LogP contribution in [0.2, 0.25) is 0 Å². The number of fused-ring (bicyclic) bond motifs is 1. The molecule has 1 aliphatic carbocycles. The second-order valence-corrected chi connectivity index (χ2v) is 4.29. The highest BCUT2D eigenvalue weighted by atomic mass is 16.5. The van der Waals surface area contributed by atoms with Crippen molar-refractivity contribution in [2.75, 3.05) is 0 Å². The van der Waals surface area contributed by atoms with Crippen molar-refractivity contribution in [3.05, 3.63) is 71.8 Å². The van der Waals surface area contributed by atoms with E-state index in [1.807, 2.05) is 36.4 Å². The van der Waals surface area contributed by atoms with Crippen LogP contribution in [0.5, 0.6) is 5.75 Å². The van der Waals surface area contributed by atoms with E-state index in [1.54, 1.807) is 0 Å². The summed E-state index contributed by atoms with van der Waals surface area (Å²) in [5.74, 6) is 0.937. The molecule has 0 heterocycles. The van der Waals surface area contributed by atoms with Gasteiger partial charge < -0.3 is 4.74 Å². The Hall–Kier alpha value is -2.02. The maximum Gasteiger partial charge on any atom is 0.128 e. The van der Waals surface area contributed by atoms with Crippen molar-refractivity contribution in [3.63, 3.8) is 0 Å². The summed E-state index contributed by atoms with van der Waals surface area (Å²) in [6.07, 6.45) is 3.08. The zero-order chi connectivity index (χ0) is 11.7. The van der Waals surface area contributed by atoms with Crippen LogP contribution in [0.15, 0.2) is 55.1 Å². The molecule has 0 aliphatic heterocycles. The van der Waals surface area contributed by atoms with Crippen LogP contribution in [0.1, 0.15) is 22.8 Å². The Morgan fingerprint density at radius 1 is 1.12 bits per heavy atom. The number of benzene rings is 2. The van der Waals surface area contributed by atoms with Gasteiger partial charge in [0.2, 0.25) is 0 Å². The van der Waals surface area contributed by atoms with Crippen LogP contribution in [0, 0.1) is 0 Å². The van der Waals surface area contributed by atoms with E-state index in [0.717, 1.165) is 17.7 Å². The lowest BCUT2D eigenvalue weighted by molar-refractivity contribution is 0.181. The van der Waals surface area contributed by atoms with Gasteiger partial charge in [0.25, 0.3) is 0 Å². The first-order valence-corrected chi connectivity index (χ1v) is 5.84. The van der Waals surface area contributed by atoms with Gasteiger partial charge in [0.05, 0.1) is 0 Å². The third-order valence-electron chi connectivity index (χ3n) is 3.18. The third kappa shape index (κ3) is 1.84. The predicted molar refractivity (Wildman–Crippen MR) is 70.0 cm³/mol. The Morgan fingerprint density at radius 2 is 1.94 bits per heavy atom. The van der Waals surface area contributed by atoms with Crippen molar-refractivity contribution in [3.8, 4) is 5.75 Å². The average Bonchev–Trinajstić information content (AvgIpc) is 2.37. The summed E-state index contributed by atoms with van der Waals surface area (Å²) in [5, 5.41) is 0. The summed E-state index contributed by atoms with van der Waals surface area (Å²) in [6.45, 7) is 3.79. The van der Waals surface area contributed by atoms with E-state index in [1.165, 1.54) is 11.1 Å². The van der Waals surface area contributed by atoms with Crippen LogP contribution >= 0.6 is 0 Å². The second-order valence-electron chi connectivity index (χ2n) is 4.29. The molecular formula is C16H14O.